The van der Waals surface area contributed by atoms with Gasteiger partial charge in [0.05, 0.1) is 6.54 Å². The first-order chi connectivity index (χ1) is 16.2. The van der Waals surface area contributed by atoms with Crippen LogP contribution in [-0.4, -0.2) is 36.1 Å². The molecule has 3 aromatic rings. The van der Waals surface area contributed by atoms with Crippen LogP contribution in [0.1, 0.15) is 38.2 Å². The SMILES string of the molecule is CC(C)c1cccc(Oc2nc3c(c(=O)n(CCCO)c(=O)n3C)n2CC(=N)CC2C=C2Cl)c1. The normalized spacial score (nSPS) is 15.1. The van der Waals surface area contributed by atoms with Crippen LogP contribution in [0.2, 0.25) is 0 Å². The van der Waals surface area contributed by atoms with E-state index in [1.54, 1.807) is 17.7 Å². The fourth-order valence-corrected chi connectivity index (χ4v) is 4.10. The van der Waals surface area contributed by atoms with Crippen molar-refractivity contribution in [1.82, 2.24) is 18.7 Å². The van der Waals surface area contributed by atoms with E-state index in [1.165, 1.54) is 4.57 Å². The van der Waals surface area contributed by atoms with Crippen molar-refractivity contribution >= 4 is 28.5 Å². The molecule has 1 aromatic carbocycles. The summed E-state index contributed by atoms with van der Waals surface area (Å²) in [6.07, 6.45) is 2.58. The maximum absolute atomic E-state index is 13.4. The second-order valence-corrected chi connectivity index (χ2v) is 9.26. The van der Waals surface area contributed by atoms with E-state index in [1.807, 2.05) is 24.3 Å². The smallest absolute Gasteiger partial charge is 0.332 e. The Bertz CT molecular complexity index is 1400. The Labute approximate surface area is 201 Å². The van der Waals surface area contributed by atoms with Crippen LogP contribution >= 0.6 is 11.6 Å². The van der Waals surface area contributed by atoms with Gasteiger partial charge in [-0.05, 0) is 36.5 Å². The van der Waals surface area contributed by atoms with Crippen LogP contribution in [0.4, 0.5) is 0 Å². The molecule has 0 aliphatic heterocycles. The highest BCUT2D eigenvalue weighted by Crippen LogP contribution is 2.36. The molecule has 0 spiro atoms. The van der Waals surface area contributed by atoms with Crippen LogP contribution < -0.4 is 16.0 Å². The minimum atomic E-state index is -0.528. The predicted octanol–water partition coefficient (Wildman–Crippen LogP) is 3.36. The standard InChI is InChI=1S/C24H28ClN5O4/c1-14(2)15-6-4-7-18(11-15)34-23-27-21-20(30(23)13-17(26)10-16-12-19(16)25)22(32)29(8-5-9-31)24(33)28(21)3/h4,6-7,11-12,14,16,26,31H,5,8-10,13H2,1-3H3. The van der Waals surface area contributed by atoms with Crippen LogP contribution in [0, 0.1) is 11.3 Å². The lowest BCUT2D eigenvalue weighted by atomic mass is 10.0. The fourth-order valence-electron chi connectivity index (χ4n) is 3.87. The molecule has 2 aromatic heterocycles. The number of hydrogen-bond donors (Lipinski definition) is 2. The lowest BCUT2D eigenvalue weighted by Gasteiger charge is -2.13. The van der Waals surface area contributed by atoms with E-state index in [0.717, 1.165) is 15.2 Å². The molecular formula is C24H28ClN5O4. The molecule has 2 N–H and O–H groups in total. The highest BCUT2D eigenvalue weighted by molar-refractivity contribution is 6.32. The number of aromatic nitrogens is 4. The lowest BCUT2D eigenvalue weighted by Crippen LogP contribution is -2.40. The Morgan fingerprint density at radius 2 is 2.03 bits per heavy atom. The second-order valence-electron chi connectivity index (χ2n) is 8.82. The summed E-state index contributed by atoms with van der Waals surface area (Å²) in [5, 5.41) is 18.4. The number of nitrogens with one attached hydrogen (secondary N) is 1. The van der Waals surface area contributed by atoms with Gasteiger partial charge >= 0.3 is 11.7 Å². The highest BCUT2D eigenvalue weighted by atomic mass is 35.5. The maximum atomic E-state index is 13.4. The minimum Gasteiger partial charge on any atom is -0.425 e. The van der Waals surface area contributed by atoms with Gasteiger partial charge in [-0.2, -0.15) is 4.98 Å². The Balaban J connectivity index is 1.83. The van der Waals surface area contributed by atoms with Crippen LogP contribution in [0.25, 0.3) is 11.2 Å². The average molecular weight is 486 g/mol. The molecular weight excluding hydrogens is 458 g/mol. The van der Waals surface area contributed by atoms with E-state index in [2.05, 4.69) is 18.8 Å². The van der Waals surface area contributed by atoms with Crippen molar-refractivity contribution in [3.8, 4) is 11.8 Å². The van der Waals surface area contributed by atoms with E-state index < -0.39 is 11.2 Å². The molecule has 1 aliphatic carbocycles. The summed E-state index contributed by atoms with van der Waals surface area (Å²) in [5.41, 5.74) is 0.747. The number of imidazole rings is 1. The fraction of sp³-hybridized carbons (Fsp3) is 0.417. The number of benzene rings is 1. The lowest BCUT2D eigenvalue weighted by molar-refractivity contribution is 0.277. The molecule has 34 heavy (non-hydrogen) atoms. The van der Waals surface area contributed by atoms with Gasteiger partial charge in [-0.3, -0.25) is 18.5 Å². The first-order valence-corrected chi connectivity index (χ1v) is 11.6. The van der Waals surface area contributed by atoms with Gasteiger partial charge in [0.25, 0.3) is 5.56 Å². The number of aryl methyl sites for hydroxylation is 1. The summed E-state index contributed by atoms with van der Waals surface area (Å²) < 4.78 is 10.0. The predicted molar refractivity (Wildman–Crippen MR) is 131 cm³/mol. The Morgan fingerprint density at radius 1 is 1.29 bits per heavy atom. The van der Waals surface area contributed by atoms with Gasteiger partial charge in [-0.15, -0.1) is 0 Å². The first-order valence-electron chi connectivity index (χ1n) is 11.2. The molecule has 0 radical (unpaired) electrons. The summed E-state index contributed by atoms with van der Waals surface area (Å²) in [6, 6.07) is 7.73. The molecule has 9 nitrogen and oxygen atoms in total. The first kappa shape index (κ1) is 24.0. The van der Waals surface area contributed by atoms with Crippen molar-refractivity contribution in [2.75, 3.05) is 6.61 Å². The maximum Gasteiger partial charge on any atom is 0.332 e. The zero-order valence-corrected chi connectivity index (χ0v) is 20.2. The molecule has 0 bridgehead atoms. The average Bonchev–Trinajstić information content (AvgIpc) is 3.37. The zero-order valence-electron chi connectivity index (χ0n) is 19.4. The van der Waals surface area contributed by atoms with E-state index in [4.69, 9.17) is 21.7 Å². The van der Waals surface area contributed by atoms with Crippen molar-refractivity contribution in [2.45, 2.75) is 45.7 Å². The number of fused-ring (bicyclic) bond motifs is 1. The van der Waals surface area contributed by atoms with E-state index >= 15 is 0 Å². The number of rotatable bonds is 10. The van der Waals surface area contributed by atoms with Gasteiger partial charge in [0, 0.05) is 36.9 Å². The number of ether oxygens (including phenoxy) is 1. The van der Waals surface area contributed by atoms with Crippen LogP contribution in [0.15, 0.2) is 45.0 Å². The quantitative estimate of drug-likeness (QED) is 0.427. The number of allylic oxidation sites excluding steroid dienone is 2. The van der Waals surface area contributed by atoms with E-state index in [9.17, 15) is 14.7 Å². The topological polar surface area (TPSA) is 115 Å². The summed E-state index contributed by atoms with van der Waals surface area (Å²) in [7, 11) is 1.54. The number of aliphatic hydroxyl groups excluding tert-OH is 1. The van der Waals surface area contributed by atoms with Crippen molar-refractivity contribution < 1.29 is 9.84 Å². The van der Waals surface area contributed by atoms with Gasteiger partial charge in [-0.25, -0.2) is 4.79 Å². The van der Waals surface area contributed by atoms with E-state index in [-0.39, 0.29) is 49.2 Å². The van der Waals surface area contributed by atoms with Gasteiger partial charge < -0.3 is 15.3 Å². The molecule has 0 amide bonds. The molecule has 1 unspecified atom stereocenters. The molecule has 0 fully saturated rings. The minimum absolute atomic E-state index is 0.0570. The molecule has 4 rings (SSSR count). The van der Waals surface area contributed by atoms with Gasteiger partial charge in [-0.1, -0.05) is 43.7 Å². The van der Waals surface area contributed by atoms with Crippen LogP contribution in [-0.2, 0) is 20.1 Å². The van der Waals surface area contributed by atoms with Crippen LogP contribution in [0.3, 0.4) is 0 Å². The Kier molecular flexibility index (Phi) is 6.77. The third-order valence-electron chi connectivity index (χ3n) is 5.89. The van der Waals surface area contributed by atoms with E-state index in [0.29, 0.717) is 23.8 Å². The van der Waals surface area contributed by atoms with Crippen molar-refractivity contribution in [1.29, 1.82) is 5.41 Å². The summed E-state index contributed by atoms with van der Waals surface area (Å²) >= 11 is 5.99. The monoisotopic (exact) mass is 485 g/mol. The third-order valence-corrected chi connectivity index (χ3v) is 6.30. The molecule has 10 heteroatoms. The number of aliphatic hydroxyl groups is 1. The highest BCUT2D eigenvalue weighted by Gasteiger charge is 2.26. The summed E-state index contributed by atoms with van der Waals surface area (Å²) in [4.78, 5) is 30.7. The van der Waals surface area contributed by atoms with Gasteiger partial charge in [0.1, 0.15) is 5.75 Å². The van der Waals surface area contributed by atoms with Gasteiger partial charge in [0.2, 0.25) is 0 Å². The largest absolute Gasteiger partial charge is 0.425 e. The molecule has 1 atom stereocenters. The van der Waals surface area contributed by atoms with Crippen LogP contribution in [0.5, 0.6) is 11.8 Å². The van der Waals surface area contributed by atoms with Crippen molar-refractivity contribution in [3.05, 3.63) is 61.8 Å². The number of hydrogen-bond acceptors (Lipinski definition) is 6. The molecule has 180 valence electrons. The van der Waals surface area contributed by atoms with Crippen molar-refractivity contribution in [3.63, 3.8) is 0 Å². The molecule has 0 saturated heterocycles. The summed E-state index contributed by atoms with van der Waals surface area (Å²) in [6.45, 7) is 4.16. The molecule has 0 saturated carbocycles. The Morgan fingerprint density at radius 3 is 2.68 bits per heavy atom. The zero-order chi connectivity index (χ0) is 24.6. The number of halogens is 1. The molecule has 2 heterocycles. The summed E-state index contributed by atoms with van der Waals surface area (Å²) in [5.74, 6) is 0.902. The Hall–Kier alpha value is -3.17. The third kappa shape index (κ3) is 4.71. The second kappa shape index (κ2) is 9.60. The number of nitrogens with zero attached hydrogens (tertiary/aromatic N) is 4. The molecule has 1 aliphatic rings. The van der Waals surface area contributed by atoms with Crippen molar-refractivity contribution in [2.24, 2.45) is 13.0 Å². The van der Waals surface area contributed by atoms with Gasteiger partial charge in [0.15, 0.2) is 11.2 Å².